The van der Waals surface area contributed by atoms with Gasteiger partial charge in [-0.25, -0.2) is 9.97 Å². The molecule has 0 saturated carbocycles. The lowest BCUT2D eigenvalue weighted by molar-refractivity contribution is 0.122. The van der Waals surface area contributed by atoms with Crippen LogP contribution in [0.25, 0.3) is 16.9 Å². The topological polar surface area (TPSA) is 42.7 Å². The van der Waals surface area contributed by atoms with Crippen molar-refractivity contribution in [3.63, 3.8) is 0 Å². The van der Waals surface area contributed by atoms with Crippen molar-refractivity contribution in [1.29, 1.82) is 0 Å². The van der Waals surface area contributed by atoms with E-state index in [9.17, 15) is 0 Å². The second-order valence-corrected chi connectivity index (χ2v) is 5.48. The Morgan fingerprint density at radius 3 is 2.90 bits per heavy atom. The third kappa shape index (κ3) is 1.88. The van der Waals surface area contributed by atoms with Crippen molar-refractivity contribution in [2.24, 2.45) is 0 Å². The van der Waals surface area contributed by atoms with E-state index in [0.717, 1.165) is 43.5 Å². The fourth-order valence-corrected chi connectivity index (χ4v) is 3.18. The molecular formula is C14H14N4OS. The summed E-state index contributed by atoms with van der Waals surface area (Å²) >= 11 is 1.69. The molecular weight excluding hydrogens is 272 g/mol. The van der Waals surface area contributed by atoms with Gasteiger partial charge in [0.2, 0.25) is 0 Å². The lowest BCUT2D eigenvalue weighted by Gasteiger charge is -2.27. The number of nitrogens with zero attached hydrogens (tertiary/aromatic N) is 4. The summed E-state index contributed by atoms with van der Waals surface area (Å²) in [6, 6.07) is 2.11. The third-order valence-electron chi connectivity index (χ3n) is 3.54. The van der Waals surface area contributed by atoms with Crippen LogP contribution in [0.5, 0.6) is 0 Å². The first-order chi connectivity index (χ1) is 9.93. The van der Waals surface area contributed by atoms with Crippen molar-refractivity contribution >= 4 is 22.8 Å². The Hall–Kier alpha value is -1.92. The minimum atomic E-state index is 0.751. The van der Waals surface area contributed by atoms with Gasteiger partial charge in [-0.2, -0.15) is 11.3 Å². The van der Waals surface area contributed by atoms with Gasteiger partial charge in [-0.3, -0.25) is 4.40 Å². The van der Waals surface area contributed by atoms with Gasteiger partial charge in [-0.05, 0) is 11.4 Å². The van der Waals surface area contributed by atoms with Crippen molar-refractivity contribution in [3.8, 4) is 11.3 Å². The minimum absolute atomic E-state index is 0.751. The molecule has 0 unspecified atom stereocenters. The first-order valence-corrected chi connectivity index (χ1v) is 7.55. The lowest BCUT2D eigenvalue weighted by Crippen LogP contribution is -2.37. The Balaban J connectivity index is 1.83. The average Bonchev–Trinajstić information content (AvgIpc) is 3.16. The maximum atomic E-state index is 5.40. The highest BCUT2D eigenvalue weighted by atomic mass is 32.1. The molecule has 0 amide bonds. The second kappa shape index (κ2) is 4.88. The molecule has 5 nitrogen and oxygen atoms in total. The summed E-state index contributed by atoms with van der Waals surface area (Å²) in [7, 11) is 0. The number of fused-ring (bicyclic) bond motifs is 1. The zero-order valence-corrected chi connectivity index (χ0v) is 11.7. The number of thiophene rings is 1. The van der Waals surface area contributed by atoms with Gasteiger partial charge in [-0.15, -0.1) is 0 Å². The fourth-order valence-electron chi connectivity index (χ4n) is 2.53. The molecule has 1 saturated heterocycles. The molecule has 6 heteroatoms. The van der Waals surface area contributed by atoms with E-state index >= 15 is 0 Å². The predicted octanol–water partition coefficient (Wildman–Crippen LogP) is 2.29. The molecule has 1 fully saturated rings. The highest BCUT2D eigenvalue weighted by Gasteiger charge is 2.17. The van der Waals surface area contributed by atoms with Crippen molar-refractivity contribution in [2.75, 3.05) is 31.2 Å². The predicted molar refractivity (Wildman–Crippen MR) is 79.3 cm³/mol. The quantitative estimate of drug-likeness (QED) is 0.725. The van der Waals surface area contributed by atoms with E-state index in [2.05, 4.69) is 36.1 Å². The summed E-state index contributed by atoms with van der Waals surface area (Å²) in [5.41, 5.74) is 3.22. The zero-order valence-electron chi connectivity index (χ0n) is 10.9. The molecule has 3 aromatic rings. The first-order valence-electron chi connectivity index (χ1n) is 6.61. The SMILES string of the molecule is c1cn2c(-c3ccsc3)cnc2c(N2CCOCC2)n1. The van der Waals surface area contributed by atoms with Crippen LogP contribution in [0.2, 0.25) is 0 Å². The van der Waals surface area contributed by atoms with Crippen molar-refractivity contribution in [3.05, 3.63) is 35.4 Å². The van der Waals surface area contributed by atoms with Crippen LogP contribution in [0.1, 0.15) is 0 Å². The minimum Gasteiger partial charge on any atom is -0.378 e. The van der Waals surface area contributed by atoms with Gasteiger partial charge in [0.1, 0.15) is 0 Å². The molecule has 4 heterocycles. The normalized spacial score (nSPS) is 15.9. The highest BCUT2D eigenvalue weighted by Crippen LogP contribution is 2.26. The second-order valence-electron chi connectivity index (χ2n) is 4.70. The number of hydrogen-bond acceptors (Lipinski definition) is 5. The molecule has 0 bridgehead atoms. The summed E-state index contributed by atoms with van der Waals surface area (Å²) in [4.78, 5) is 11.3. The van der Waals surface area contributed by atoms with Crippen LogP contribution in [0.15, 0.2) is 35.4 Å². The molecule has 0 aromatic carbocycles. The van der Waals surface area contributed by atoms with E-state index in [1.807, 2.05) is 18.6 Å². The Kier molecular flexibility index (Phi) is 2.90. The fraction of sp³-hybridized carbons (Fsp3) is 0.286. The molecule has 0 aliphatic carbocycles. The summed E-state index contributed by atoms with van der Waals surface area (Å²) < 4.78 is 7.51. The monoisotopic (exact) mass is 286 g/mol. The smallest absolute Gasteiger partial charge is 0.180 e. The Morgan fingerprint density at radius 2 is 2.10 bits per heavy atom. The Morgan fingerprint density at radius 1 is 1.20 bits per heavy atom. The molecule has 0 atom stereocenters. The Labute approximate surface area is 120 Å². The van der Waals surface area contributed by atoms with Gasteiger partial charge in [0, 0.05) is 36.4 Å². The number of imidazole rings is 1. The average molecular weight is 286 g/mol. The molecule has 4 rings (SSSR count). The van der Waals surface area contributed by atoms with Crippen molar-refractivity contribution in [1.82, 2.24) is 14.4 Å². The molecule has 102 valence electrons. The summed E-state index contributed by atoms with van der Waals surface area (Å²) in [5, 5.41) is 4.22. The maximum Gasteiger partial charge on any atom is 0.180 e. The summed E-state index contributed by atoms with van der Waals surface area (Å²) in [6.45, 7) is 3.24. The van der Waals surface area contributed by atoms with E-state index in [0.29, 0.717) is 0 Å². The van der Waals surface area contributed by atoms with Crippen molar-refractivity contribution in [2.45, 2.75) is 0 Å². The number of morpholine rings is 1. The van der Waals surface area contributed by atoms with Crippen molar-refractivity contribution < 1.29 is 4.74 Å². The van der Waals surface area contributed by atoms with Crippen LogP contribution in [0.3, 0.4) is 0 Å². The van der Waals surface area contributed by atoms with Gasteiger partial charge in [0.05, 0.1) is 25.1 Å². The number of ether oxygens (including phenoxy) is 1. The standard InChI is InChI=1S/C14H14N4OS/c1-8-20-10-11(1)12-9-16-14-13(15-2-3-18(12)14)17-4-6-19-7-5-17/h1-3,8-10H,4-7H2. The van der Waals surface area contributed by atoms with Crippen LogP contribution in [-0.4, -0.2) is 40.7 Å². The van der Waals surface area contributed by atoms with Crippen LogP contribution in [0, 0.1) is 0 Å². The molecule has 0 spiro atoms. The number of hydrogen-bond donors (Lipinski definition) is 0. The molecule has 0 radical (unpaired) electrons. The lowest BCUT2D eigenvalue weighted by atomic mass is 10.3. The molecule has 20 heavy (non-hydrogen) atoms. The van der Waals surface area contributed by atoms with E-state index < -0.39 is 0 Å². The molecule has 1 aliphatic rings. The van der Waals surface area contributed by atoms with Gasteiger partial charge >= 0.3 is 0 Å². The van der Waals surface area contributed by atoms with E-state index in [1.165, 1.54) is 5.56 Å². The van der Waals surface area contributed by atoms with Crippen LogP contribution in [0.4, 0.5) is 5.82 Å². The summed E-state index contributed by atoms with van der Waals surface area (Å²) in [6.07, 6.45) is 5.73. The number of aromatic nitrogens is 3. The zero-order chi connectivity index (χ0) is 13.4. The molecule has 0 N–H and O–H groups in total. The number of anilines is 1. The maximum absolute atomic E-state index is 5.40. The number of rotatable bonds is 2. The van der Waals surface area contributed by atoms with E-state index in [-0.39, 0.29) is 0 Å². The molecule has 1 aliphatic heterocycles. The van der Waals surface area contributed by atoms with Crippen LogP contribution in [-0.2, 0) is 4.74 Å². The van der Waals surface area contributed by atoms with Crippen LogP contribution < -0.4 is 4.90 Å². The summed E-state index contributed by atoms with van der Waals surface area (Å²) in [5.74, 6) is 0.942. The third-order valence-corrected chi connectivity index (χ3v) is 4.22. The van der Waals surface area contributed by atoms with Gasteiger partial charge < -0.3 is 9.64 Å². The van der Waals surface area contributed by atoms with Gasteiger partial charge in [0.15, 0.2) is 11.5 Å². The largest absolute Gasteiger partial charge is 0.378 e. The van der Waals surface area contributed by atoms with E-state index in [4.69, 9.17) is 4.74 Å². The Bertz CT molecular complexity index is 716. The van der Waals surface area contributed by atoms with Gasteiger partial charge in [-0.1, -0.05) is 0 Å². The highest BCUT2D eigenvalue weighted by molar-refractivity contribution is 7.08. The van der Waals surface area contributed by atoms with Crippen LogP contribution >= 0.6 is 11.3 Å². The van der Waals surface area contributed by atoms with E-state index in [1.54, 1.807) is 11.3 Å². The molecule has 3 aromatic heterocycles. The first kappa shape index (κ1) is 11.9. The van der Waals surface area contributed by atoms with Gasteiger partial charge in [0.25, 0.3) is 0 Å².